The van der Waals surface area contributed by atoms with Gasteiger partial charge >= 0.3 is 0 Å². The molecule has 0 unspecified atom stereocenters. The van der Waals surface area contributed by atoms with Gasteiger partial charge in [-0.3, -0.25) is 4.99 Å². The summed E-state index contributed by atoms with van der Waals surface area (Å²) in [5.41, 5.74) is 11.7. The van der Waals surface area contributed by atoms with Gasteiger partial charge in [0.15, 0.2) is 0 Å². The molecule has 4 heteroatoms. The maximum absolute atomic E-state index is 5.11. The van der Waals surface area contributed by atoms with E-state index in [1.807, 2.05) is 25.3 Å². The van der Waals surface area contributed by atoms with Crippen LogP contribution >= 0.6 is 0 Å². The molecule has 4 nitrogen and oxygen atoms in total. The number of aromatic nitrogens is 2. The highest BCUT2D eigenvalue weighted by Crippen LogP contribution is 2.37. The first-order valence-corrected chi connectivity index (χ1v) is 13.0. The molecule has 2 heterocycles. The molecule has 0 radical (unpaired) electrons. The molecule has 5 rings (SSSR count). The number of rotatable bonds is 7. The summed E-state index contributed by atoms with van der Waals surface area (Å²) >= 11 is 0. The van der Waals surface area contributed by atoms with Crippen LogP contribution < -0.4 is 0 Å². The summed E-state index contributed by atoms with van der Waals surface area (Å²) in [6.07, 6.45) is 16.9. The Hall–Kier alpha value is -4.27. The number of nitrogens with zero attached hydrogens (tertiary/aromatic N) is 4. The van der Waals surface area contributed by atoms with E-state index < -0.39 is 0 Å². The third kappa shape index (κ3) is 4.76. The Morgan fingerprint density at radius 2 is 1.95 bits per heavy atom. The van der Waals surface area contributed by atoms with Crippen LogP contribution in [0.5, 0.6) is 0 Å². The van der Waals surface area contributed by atoms with Gasteiger partial charge in [0.2, 0.25) is 0 Å². The molecule has 184 valence electrons. The number of allylic oxidation sites excluding steroid dienone is 7. The van der Waals surface area contributed by atoms with E-state index in [0.717, 1.165) is 59.0 Å². The van der Waals surface area contributed by atoms with Crippen LogP contribution in [0.15, 0.2) is 100.0 Å². The first-order chi connectivity index (χ1) is 18.1. The fraction of sp³-hybridized carbons (Fsp3) is 0.212. The predicted molar refractivity (Wildman–Crippen MR) is 158 cm³/mol. The molecule has 2 aliphatic rings. The third-order valence-electron chi connectivity index (χ3n) is 6.76. The van der Waals surface area contributed by atoms with Gasteiger partial charge in [-0.2, -0.15) is 0 Å². The van der Waals surface area contributed by atoms with Crippen molar-refractivity contribution in [1.82, 2.24) is 9.55 Å². The van der Waals surface area contributed by atoms with Crippen molar-refractivity contribution >= 4 is 39.9 Å². The van der Waals surface area contributed by atoms with Crippen LogP contribution in [-0.2, 0) is 13.5 Å². The average molecular weight is 485 g/mol. The highest BCUT2D eigenvalue weighted by Gasteiger charge is 2.25. The first kappa shape index (κ1) is 24.4. The highest BCUT2D eigenvalue weighted by molar-refractivity contribution is 5.91. The zero-order chi connectivity index (χ0) is 25.8. The molecule has 2 bridgehead atoms. The zero-order valence-electron chi connectivity index (χ0n) is 22.0. The maximum atomic E-state index is 5.11. The smallest absolute Gasteiger partial charge is 0.132 e. The van der Waals surface area contributed by atoms with Crippen LogP contribution in [-0.4, -0.2) is 22.0 Å². The Balaban J connectivity index is 1.51. The molecule has 0 spiro atoms. The molecule has 1 aromatic heterocycles. The van der Waals surface area contributed by atoms with Crippen molar-refractivity contribution in [2.45, 2.75) is 40.0 Å². The standard InChI is InChI=1S/C33H32N4/c1-5-12-23(26-19-18-24-13-8-9-14-25(24)21-26)15-10-17-30-36-31-27-16-11-20-35-29(22-27)32(34-7-3)28(6-2)33(31)37(30)4/h7-16,18-21H,5-6,17H2,1-4H3/b15-10-,23-12+,34-7?. The van der Waals surface area contributed by atoms with E-state index in [1.54, 1.807) is 6.21 Å². The second kappa shape index (κ2) is 10.8. The highest BCUT2D eigenvalue weighted by atomic mass is 15.1. The minimum Gasteiger partial charge on any atom is -0.331 e. The van der Waals surface area contributed by atoms with Gasteiger partial charge in [-0.05, 0) is 59.9 Å². The molecule has 1 aliphatic carbocycles. The van der Waals surface area contributed by atoms with Gasteiger partial charge in [0.25, 0.3) is 0 Å². The fourth-order valence-electron chi connectivity index (χ4n) is 5.00. The van der Waals surface area contributed by atoms with Crippen LogP contribution in [0, 0.1) is 0 Å². The Kier molecular flexibility index (Phi) is 7.11. The Bertz CT molecular complexity index is 1610. The van der Waals surface area contributed by atoms with Crippen molar-refractivity contribution in [2.75, 3.05) is 0 Å². The second-order valence-corrected chi connectivity index (χ2v) is 9.11. The molecule has 0 N–H and O–H groups in total. The lowest BCUT2D eigenvalue weighted by atomic mass is 10.00. The summed E-state index contributed by atoms with van der Waals surface area (Å²) in [5, 5.41) is 2.52. The lowest BCUT2D eigenvalue weighted by Crippen LogP contribution is -2.03. The SMILES string of the molecule is CC=NC1=C(CC)c2c(nc(C/C=C\C(=C/CC)c3ccc4ccccc4c3)n2C)C2=C=C1N=CC=C2. The molecule has 0 saturated heterocycles. The summed E-state index contributed by atoms with van der Waals surface area (Å²) in [5.74, 6) is 1.01. The van der Waals surface area contributed by atoms with Crippen LogP contribution in [0.25, 0.3) is 27.5 Å². The molecule has 1 aliphatic heterocycles. The van der Waals surface area contributed by atoms with Crippen molar-refractivity contribution in [3.8, 4) is 0 Å². The molecule has 0 atom stereocenters. The minimum atomic E-state index is 0.728. The average Bonchev–Trinajstić information content (AvgIpc) is 3.06. The molecule has 3 aromatic rings. The zero-order valence-corrected chi connectivity index (χ0v) is 22.0. The number of benzene rings is 2. The molecule has 2 aromatic carbocycles. The fourth-order valence-corrected chi connectivity index (χ4v) is 5.00. The van der Waals surface area contributed by atoms with Crippen LogP contribution in [0.1, 0.15) is 56.4 Å². The minimum absolute atomic E-state index is 0.728. The van der Waals surface area contributed by atoms with E-state index in [9.17, 15) is 0 Å². The first-order valence-electron chi connectivity index (χ1n) is 13.0. The monoisotopic (exact) mass is 484 g/mol. The van der Waals surface area contributed by atoms with E-state index in [4.69, 9.17) is 9.98 Å². The molecular weight excluding hydrogens is 452 g/mol. The Morgan fingerprint density at radius 1 is 1.11 bits per heavy atom. The van der Waals surface area contributed by atoms with Crippen LogP contribution in [0.2, 0.25) is 0 Å². The topological polar surface area (TPSA) is 42.5 Å². The summed E-state index contributed by atoms with van der Waals surface area (Å²) in [7, 11) is 2.10. The number of imidazole rings is 1. The van der Waals surface area contributed by atoms with Crippen molar-refractivity contribution < 1.29 is 0 Å². The maximum Gasteiger partial charge on any atom is 0.132 e. The quantitative estimate of drug-likeness (QED) is 0.191. The molecule has 0 fully saturated rings. The Morgan fingerprint density at radius 3 is 2.73 bits per heavy atom. The van der Waals surface area contributed by atoms with Crippen molar-refractivity contribution in [2.24, 2.45) is 17.0 Å². The lowest BCUT2D eigenvalue weighted by Gasteiger charge is -2.12. The van der Waals surface area contributed by atoms with Gasteiger partial charge in [0.05, 0.1) is 5.69 Å². The summed E-state index contributed by atoms with van der Waals surface area (Å²) in [6, 6.07) is 15.2. The molecule has 37 heavy (non-hydrogen) atoms. The normalized spacial score (nSPS) is 15.4. The van der Waals surface area contributed by atoms with Crippen molar-refractivity contribution in [1.29, 1.82) is 0 Å². The summed E-state index contributed by atoms with van der Waals surface area (Å²) in [4.78, 5) is 14.4. The molecule has 0 amide bonds. The predicted octanol–water partition coefficient (Wildman–Crippen LogP) is 7.90. The lowest BCUT2D eigenvalue weighted by molar-refractivity contribution is 0.814. The van der Waals surface area contributed by atoms with E-state index in [2.05, 4.69) is 96.9 Å². The molecule has 0 saturated carbocycles. The van der Waals surface area contributed by atoms with Gasteiger partial charge in [-0.25, -0.2) is 9.98 Å². The van der Waals surface area contributed by atoms with E-state index in [-0.39, 0.29) is 0 Å². The van der Waals surface area contributed by atoms with E-state index in [1.165, 1.54) is 21.9 Å². The van der Waals surface area contributed by atoms with Gasteiger partial charge in [-0.15, -0.1) is 0 Å². The van der Waals surface area contributed by atoms with E-state index in [0.29, 0.717) is 0 Å². The number of aliphatic imine (C=N–C) groups is 2. The van der Waals surface area contributed by atoms with Gasteiger partial charge in [-0.1, -0.05) is 74.2 Å². The van der Waals surface area contributed by atoms with Gasteiger partial charge in [0, 0.05) is 37.0 Å². The van der Waals surface area contributed by atoms with Crippen LogP contribution in [0.4, 0.5) is 0 Å². The van der Waals surface area contributed by atoms with Gasteiger partial charge in [0.1, 0.15) is 22.9 Å². The number of hydrogen-bond acceptors (Lipinski definition) is 3. The van der Waals surface area contributed by atoms with Crippen molar-refractivity contribution in [3.63, 3.8) is 0 Å². The summed E-state index contributed by atoms with van der Waals surface area (Å²) < 4.78 is 2.21. The van der Waals surface area contributed by atoms with Crippen molar-refractivity contribution in [3.05, 3.63) is 113 Å². The largest absolute Gasteiger partial charge is 0.331 e. The van der Waals surface area contributed by atoms with Crippen LogP contribution in [0.3, 0.4) is 0 Å². The van der Waals surface area contributed by atoms with Gasteiger partial charge < -0.3 is 4.57 Å². The number of hydrogen-bond donors (Lipinski definition) is 0. The Labute approximate surface area is 219 Å². The molecular formula is C33H32N4. The third-order valence-corrected chi connectivity index (χ3v) is 6.76. The summed E-state index contributed by atoms with van der Waals surface area (Å²) in [6.45, 7) is 6.28. The number of fused-ring (bicyclic) bond motifs is 3. The van der Waals surface area contributed by atoms with E-state index >= 15 is 0 Å². The second-order valence-electron chi connectivity index (χ2n) is 9.11.